The summed E-state index contributed by atoms with van der Waals surface area (Å²) in [5.74, 6) is 0.300. The van der Waals surface area contributed by atoms with Crippen LogP contribution in [0.2, 0.25) is 0 Å². The van der Waals surface area contributed by atoms with Gasteiger partial charge in [-0.05, 0) is 80.0 Å². The number of benzene rings is 3. The molecule has 35 heavy (non-hydrogen) atoms. The number of likely N-dealkylation sites (tertiary alicyclic amines) is 1. The molecular formula is C28H28N4O3. The molecule has 2 N–H and O–H groups in total. The molecule has 0 bridgehead atoms. The summed E-state index contributed by atoms with van der Waals surface area (Å²) >= 11 is 0. The maximum Gasteiger partial charge on any atom is 0.255 e. The highest BCUT2D eigenvalue weighted by Gasteiger charge is 2.25. The Morgan fingerprint density at radius 1 is 0.943 bits per heavy atom. The third-order valence-electron chi connectivity index (χ3n) is 6.23. The summed E-state index contributed by atoms with van der Waals surface area (Å²) in [6.07, 6.45) is 1.53. The lowest BCUT2D eigenvalue weighted by Gasteiger charge is -2.31. The fraction of sp³-hybridized carbons (Fsp3) is 0.250. The topological polar surface area (TPSA) is 94.5 Å². The average molecular weight is 469 g/mol. The number of piperidine rings is 1. The van der Waals surface area contributed by atoms with E-state index < -0.39 is 0 Å². The molecule has 0 aromatic heterocycles. The Kier molecular flexibility index (Phi) is 7.76. The molecule has 1 saturated heterocycles. The predicted molar refractivity (Wildman–Crippen MR) is 135 cm³/mol. The number of nitriles is 1. The maximum absolute atomic E-state index is 13.0. The lowest BCUT2D eigenvalue weighted by Crippen LogP contribution is -2.37. The van der Waals surface area contributed by atoms with Gasteiger partial charge < -0.3 is 15.4 Å². The Morgan fingerprint density at radius 2 is 1.57 bits per heavy atom. The number of ether oxygens (including phenoxy) is 1. The van der Waals surface area contributed by atoms with E-state index in [-0.39, 0.29) is 17.7 Å². The number of hydrogen-bond donors (Lipinski definition) is 2. The SMILES string of the molecule is COc1ccc(C(=O)Nc2ccccc2NC(=O)C2CCN(Cc3ccc(C#N)cc3)CC2)cc1. The van der Waals surface area contributed by atoms with Crippen molar-refractivity contribution in [2.24, 2.45) is 5.92 Å². The zero-order valence-electron chi connectivity index (χ0n) is 19.7. The second-order valence-corrected chi connectivity index (χ2v) is 8.58. The summed E-state index contributed by atoms with van der Waals surface area (Å²) in [4.78, 5) is 28.0. The highest BCUT2D eigenvalue weighted by atomic mass is 16.5. The third-order valence-corrected chi connectivity index (χ3v) is 6.23. The molecule has 1 aliphatic heterocycles. The molecule has 3 aromatic carbocycles. The Morgan fingerprint density at radius 3 is 2.17 bits per heavy atom. The van der Waals surface area contributed by atoms with Gasteiger partial charge in [0.15, 0.2) is 0 Å². The number of para-hydroxylation sites is 2. The van der Waals surface area contributed by atoms with Gasteiger partial charge >= 0.3 is 0 Å². The number of nitrogens with zero attached hydrogens (tertiary/aromatic N) is 2. The second-order valence-electron chi connectivity index (χ2n) is 8.58. The first-order valence-electron chi connectivity index (χ1n) is 11.6. The summed E-state index contributed by atoms with van der Waals surface area (Å²) in [5.41, 5.74) is 3.46. The average Bonchev–Trinajstić information content (AvgIpc) is 2.90. The van der Waals surface area contributed by atoms with Gasteiger partial charge in [-0.15, -0.1) is 0 Å². The molecule has 1 heterocycles. The Hall–Kier alpha value is -4.15. The molecule has 0 radical (unpaired) electrons. The largest absolute Gasteiger partial charge is 0.497 e. The van der Waals surface area contributed by atoms with Crippen LogP contribution < -0.4 is 15.4 Å². The van der Waals surface area contributed by atoms with Gasteiger partial charge in [0.05, 0.1) is 30.1 Å². The molecule has 7 heteroatoms. The van der Waals surface area contributed by atoms with Crippen LogP contribution in [0.4, 0.5) is 11.4 Å². The number of amides is 2. The number of methoxy groups -OCH3 is 1. The highest BCUT2D eigenvalue weighted by molar-refractivity contribution is 6.07. The van der Waals surface area contributed by atoms with E-state index >= 15 is 0 Å². The van der Waals surface area contributed by atoms with E-state index in [4.69, 9.17) is 10.00 Å². The van der Waals surface area contributed by atoms with Crippen LogP contribution in [0.5, 0.6) is 5.75 Å². The summed E-state index contributed by atoms with van der Waals surface area (Å²) in [6, 6.07) is 23.8. The minimum Gasteiger partial charge on any atom is -0.497 e. The lowest BCUT2D eigenvalue weighted by atomic mass is 9.95. The van der Waals surface area contributed by atoms with Crippen molar-refractivity contribution in [3.63, 3.8) is 0 Å². The number of carbonyl (C=O) groups excluding carboxylic acids is 2. The number of anilines is 2. The van der Waals surface area contributed by atoms with Crippen LogP contribution in [-0.2, 0) is 11.3 Å². The van der Waals surface area contributed by atoms with E-state index in [1.165, 1.54) is 0 Å². The summed E-state index contributed by atoms with van der Waals surface area (Å²) in [6.45, 7) is 2.46. The van der Waals surface area contributed by atoms with Crippen LogP contribution in [0, 0.1) is 17.2 Å². The van der Waals surface area contributed by atoms with Crippen molar-refractivity contribution in [2.75, 3.05) is 30.8 Å². The van der Waals surface area contributed by atoms with Crippen LogP contribution >= 0.6 is 0 Å². The maximum atomic E-state index is 13.0. The lowest BCUT2D eigenvalue weighted by molar-refractivity contribution is -0.121. The minimum absolute atomic E-state index is 0.0332. The van der Waals surface area contributed by atoms with Gasteiger partial charge in [-0.3, -0.25) is 14.5 Å². The van der Waals surface area contributed by atoms with Gasteiger partial charge in [0.2, 0.25) is 5.91 Å². The summed E-state index contributed by atoms with van der Waals surface area (Å²) < 4.78 is 5.14. The first-order chi connectivity index (χ1) is 17.1. The van der Waals surface area contributed by atoms with Crippen molar-refractivity contribution in [2.45, 2.75) is 19.4 Å². The Balaban J connectivity index is 1.32. The fourth-order valence-electron chi connectivity index (χ4n) is 4.17. The van der Waals surface area contributed by atoms with Gasteiger partial charge in [0, 0.05) is 18.0 Å². The molecule has 178 valence electrons. The van der Waals surface area contributed by atoms with Crippen molar-refractivity contribution in [3.05, 3.63) is 89.5 Å². The van der Waals surface area contributed by atoms with Crippen LogP contribution in [-0.4, -0.2) is 36.9 Å². The predicted octanol–water partition coefficient (Wildman–Crippen LogP) is 4.67. The van der Waals surface area contributed by atoms with Gasteiger partial charge in [-0.1, -0.05) is 24.3 Å². The highest BCUT2D eigenvalue weighted by Crippen LogP contribution is 2.26. The molecule has 7 nitrogen and oxygen atoms in total. The van der Waals surface area contributed by atoms with Gasteiger partial charge in [0.1, 0.15) is 5.75 Å². The van der Waals surface area contributed by atoms with Crippen LogP contribution in [0.15, 0.2) is 72.8 Å². The Bertz CT molecular complexity index is 1210. The van der Waals surface area contributed by atoms with Crippen molar-refractivity contribution >= 4 is 23.2 Å². The number of nitrogens with one attached hydrogen (secondary N) is 2. The van der Waals surface area contributed by atoms with Crippen molar-refractivity contribution < 1.29 is 14.3 Å². The number of rotatable bonds is 7. The quantitative estimate of drug-likeness (QED) is 0.526. The first kappa shape index (κ1) is 24.0. The first-order valence-corrected chi connectivity index (χ1v) is 11.6. The molecule has 0 atom stereocenters. The molecule has 0 unspecified atom stereocenters. The van der Waals surface area contributed by atoms with Crippen molar-refractivity contribution in [1.29, 1.82) is 5.26 Å². The van der Waals surface area contributed by atoms with Gasteiger partial charge in [-0.2, -0.15) is 5.26 Å². The monoisotopic (exact) mass is 468 g/mol. The minimum atomic E-state index is -0.259. The fourth-order valence-corrected chi connectivity index (χ4v) is 4.17. The van der Waals surface area contributed by atoms with Crippen molar-refractivity contribution in [3.8, 4) is 11.8 Å². The van der Waals surface area contributed by atoms with Crippen LogP contribution in [0.25, 0.3) is 0 Å². The Labute approximate surface area is 205 Å². The van der Waals surface area contributed by atoms with Crippen molar-refractivity contribution in [1.82, 2.24) is 4.90 Å². The summed E-state index contributed by atoms with van der Waals surface area (Å²) in [5, 5.41) is 14.8. The standard InChI is InChI=1S/C28H28N4O3/c1-35-24-12-10-22(11-13-24)27(33)30-25-4-2-3-5-26(25)31-28(34)23-14-16-32(17-15-23)19-21-8-6-20(18-29)7-9-21/h2-13,23H,14-17,19H2,1H3,(H,30,33)(H,31,34). The van der Waals surface area contributed by atoms with Gasteiger partial charge in [-0.25, -0.2) is 0 Å². The summed E-state index contributed by atoms with van der Waals surface area (Å²) in [7, 11) is 1.58. The van der Waals surface area contributed by atoms with E-state index in [0.717, 1.165) is 38.0 Å². The normalized spacial score (nSPS) is 14.1. The smallest absolute Gasteiger partial charge is 0.255 e. The molecule has 3 aromatic rings. The molecular weight excluding hydrogens is 440 g/mol. The van der Waals surface area contributed by atoms with E-state index in [0.29, 0.717) is 28.3 Å². The van der Waals surface area contributed by atoms with E-state index in [2.05, 4.69) is 21.6 Å². The van der Waals surface area contributed by atoms with E-state index in [9.17, 15) is 9.59 Å². The molecule has 0 saturated carbocycles. The van der Waals surface area contributed by atoms with E-state index in [1.807, 2.05) is 36.4 Å². The molecule has 0 aliphatic carbocycles. The molecule has 4 rings (SSSR count). The zero-order chi connectivity index (χ0) is 24.6. The third kappa shape index (κ3) is 6.25. The van der Waals surface area contributed by atoms with E-state index in [1.54, 1.807) is 43.5 Å². The molecule has 0 spiro atoms. The van der Waals surface area contributed by atoms with Gasteiger partial charge in [0.25, 0.3) is 5.91 Å². The van der Waals surface area contributed by atoms with Crippen LogP contribution in [0.1, 0.15) is 34.3 Å². The molecule has 1 aliphatic rings. The number of hydrogen-bond acceptors (Lipinski definition) is 5. The zero-order valence-corrected chi connectivity index (χ0v) is 19.7. The molecule has 2 amide bonds. The molecule has 1 fully saturated rings. The second kappa shape index (κ2) is 11.3. The number of carbonyl (C=O) groups is 2. The van der Waals surface area contributed by atoms with Crippen LogP contribution in [0.3, 0.4) is 0 Å².